The fourth-order valence-electron chi connectivity index (χ4n) is 3.51. The number of aromatic nitrogens is 1. The summed E-state index contributed by atoms with van der Waals surface area (Å²) in [5.41, 5.74) is 0.954. The van der Waals surface area contributed by atoms with Crippen molar-refractivity contribution >= 4 is 12.0 Å². The highest BCUT2D eigenvalue weighted by molar-refractivity contribution is 5.83. The number of pyridine rings is 1. The molecule has 0 radical (unpaired) electrons. The highest BCUT2D eigenvalue weighted by Gasteiger charge is 2.39. The Morgan fingerprint density at radius 2 is 2.12 bits per heavy atom. The number of amides is 2. The van der Waals surface area contributed by atoms with E-state index in [4.69, 9.17) is 0 Å². The van der Waals surface area contributed by atoms with Gasteiger partial charge in [-0.25, -0.2) is 9.59 Å². The van der Waals surface area contributed by atoms with Gasteiger partial charge in [0.15, 0.2) is 0 Å². The van der Waals surface area contributed by atoms with Crippen LogP contribution in [0.5, 0.6) is 0 Å². The molecule has 0 bridgehead atoms. The first-order valence-corrected chi connectivity index (χ1v) is 8.49. The zero-order valence-electron chi connectivity index (χ0n) is 14.8. The minimum atomic E-state index is -0.964. The summed E-state index contributed by atoms with van der Waals surface area (Å²) in [6, 6.07) is 4.81. The van der Waals surface area contributed by atoms with Crippen LogP contribution in [0.25, 0.3) is 0 Å². The third-order valence-corrected chi connectivity index (χ3v) is 4.88. The van der Waals surface area contributed by atoms with Gasteiger partial charge in [-0.3, -0.25) is 4.98 Å². The molecule has 2 unspecified atom stereocenters. The lowest BCUT2D eigenvalue weighted by Gasteiger charge is -2.35. The molecule has 0 aliphatic carbocycles. The van der Waals surface area contributed by atoms with Gasteiger partial charge in [0.05, 0.1) is 0 Å². The Morgan fingerprint density at radius 1 is 1.42 bits per heavy atom. The SMILES string of the molecule is CC1CCN(C(=O)N(C)[C@H](C(=O)O)C(C)C)C1Cc1ccccn1. The number of carboxylic acids is 1. The number of likely N-dealkylation sites (tertiary alicyclic amines) is 1. The smallest absolute Gasteiger partial charge is 0.326 e. The van der Waals surface area contributed by atoms with Crippen molar-refractivity contribution in [2.24, 2.45) is 11.8 Å². The number of nitrogens with zero attached hydrogens (tertiary/aromatic N) is 3. The standard InChI is InChI=1S/C18H27N3O3/c1-12(2)16(17(22)23)20(4)18(24)21-10-8-13(3)15(21)11-14-7-5-6-9-19-14/h5-7,9,12-13,15-16H,8,10-11H2,1-4H3,(H,22,23)/t13?,15?,16-/m0/s1. The van der Waals surface area contributed by atoms with Crippen LogP contribution in [-0.4, -0.2) is 57.6 Å². The fraction of sp³-hybridized carbons (Fsp3) is 0.611. The number of aliphatic carboxylic acids is 1. The second kappa shape index (κ2) is 7.64. The molecule has 0 aromatic carbocycles. The first kappa shape index (κ1) is 18.2. The highest BCUT2D eigenvalue weighted by atomic mass is 16.4. The molecule has 1 fully saturated rings. The molecule has 2 heterocycles. The van der Waals surface area contributed by atoms with E-state index in [-0.39, 0.29) is 18.0 Å². The second-order valence-electron chi connectivity index (χ2n) is 6.97. The van der Waals surface area contributed by atoms with Gasteiger partial charge in [0.1, 0.15) is 6.04 Å². The highest BCUT2D eigenvalue weighted by Crippen LogP contribution is 2.28. The van der Waals surface area contributed by atoms with Crippen LogP contribution in [0.1, 0.15) is 32.9 Å². The van der Waals surface area contributed by atoms with E-state index in [0.29, 0.717) is 18.9 Å². The Bertz CT molecular complexity index is 576. The van der Waals surface area contributed by atoms with Crippen molar-refractivity contribution in [1.29, 1.82) is 0 Å². The lowest BCUT2D eigenvalue weighted by Crippen LogP contribution is -2.53. The topological polar surface area (TPSA) is 73.7 Å². The van der Waals surface area contributed by atoms with E-state index in [1.165, 1.54) is 4.90 Å². The normalized spacial score (nSPS) is 21.8. The molecule has 1 aromatic heterocycles. The minimum absolute atomic E-state index is 0.0523. The molecule has 1 aromatic rings. The molecule has 24 heavy (non-hydrogen) atoms. The third kappa shape index (κ3) is 3.86. The number of likely N-dealkylation sites (N-methyl/N-ethyl adjacent to an activating group) is 1. The molecule has 1 aliphatic heterocycles. The zero-order valence-corrected chi connectivity index (χ0v) is 14.8. The van der Waals surface area contributed by atoms with Crippen LogP contribution < -0.4 is 0 Å². The van der Waals surface area contributed by atoms with E-state index in [2.05, 4.69) is 11.9 Å². The molecule has 2 amide bonds. The summed E-state index contributed by atoms with van der Waals surface area (Å²) >= 11 is 0. The maximum atomic E-state index is 12.9. The van der Waals surface area contributed by atoms with Crippen molar-refractivity contribution in [3.8, 4) is 0 Å². The number of carboxylic acid groups (broad SMARTS) is 1. The Balaban J connectivity index is 2.16. The number of carbonyl (C=O) groups is 2. The maximum Gasteiger partial charge on any atom is 0.326 e. The van der Waals surface area contributed by atoms with Crippen molar-refractivity contribution in [1.82, 2.24) is 14.8 Å². The van der Waals surface area contributed by atoms with Crippen molar-refractivity contribution in [2.45, 2.75) is 45.7 Å². The molecule has 2 rings (SSSR count). The first-order chi connectivity index (χ1) is 11.3. The van der Waals surface area contributed by atoms with Gasteiger partial charge in [0.2, 0.25) is 0 Å². The number of hydrogen-bond acceptors (Lipinski definition) is 3. The van der Waals surface area contributed by atoms with Crippen LogP contribution in [0, 0.1) is 11.8 Å². The predicted molar refractivity (Wildman–Crippen MR) is 91.6 cm³/mol. The largest absolute Gasteiger partial charge is 0.480 e. The predicted octanol–water partition coefficient (Wildman–Crippen LogP) is 2.50. The van der Waals surface area contributed by atoms with E-state index < -0.39 is 12.0 Å². The van der Waals surface area contributed by atoms with E-state index in [0.717, 1.165) is 12.1 Å². The lowest BCUT2D eigenvalue weighted by molar-refractivity contribution is -0.143. The molecule has 1 N–H and O–H groups in total. The van der Waals surface area contributed by atoms with Gasteiger partial charge >= 0.3 is 12.0 Å². The van der Waals surface area contributed by atoms with Gasteiger partial charge in [-0.1, -0.05) is 26.8 Å². The van der Waals surface area contributed by atoms with Gasteiger partial charge in [0.25, 0.3) is 0 Å². The van der Waals surface area contributed by atoms with Gasteiger partial charge in [-0.05, 0) is 30.4 Å². The average Bonchev–Trinajstić information content (AvgIpc) is 2.88. The van der Waals surface area contributed by atoms with Crippen molar-refractivity contribution < 1.29 is 14.7 Å². The summed E-state index contributed by atoms with van der Waals surface area (Å²) in [4.78, 5) is 32.0. The number of rotatable bonds is 5. The second-order valence-corrected chi connectivity index (χ2v) is 6.97. The summed E-state index contributed by atoms with van der Waals surface area (Å²) in [6.45, 7) is 6.44. The van der Waals surface area contributed by atoms with Gasteiger partial charge < -0.3 is 14.9 Å². The van der Waals surface area contributed by atoms with E-state index in [9.17, 15) is 14.7 Å². The summed E-state index contributed by atoms with van der Waals surface area (Å²) in [5, 5.41) is 9.44. The summed E-state index contributed by atoms with van der Waals surface area (Å²) < 4.78 is 0. The molecule has 0 saturated carbocycles. The van der Waals surface area contributed by atoms with Crippen LogP contribution in [0.2, 0.25) is 0 Å². The number of hydrogen-bond donors (Lipinski definition) is 1. The molecular weight excluding hydrogens is 306 g/mol. The van der Waals surface area contributed by atoms with Crippen LogP contribution in [0.15, 0.2) is 24.4 Å². The third-order valence-electron chi connectivity index (χ3n) is 4.88. The van der Waals surface area contributed by atoms with Crippen LogP contribution >= 0.6 is 0 Å². The summed E-state index contributed by atoms with van der Waals surface area (Å²) in [6.07, 6.45) is 3.38. The van der Waals surface area contributed by atoms with E-state index in [1.54, 1.807) is 13.2 Å². The summed E-state index contributed by atoms with van der Waals surface area (Å²) in [7, 11) is 1.59. The van der Waals surface area contributed by atoms with Gasteiger partial charge in [0, 0.05) is 37.9 Å². The average molecular weight is 333 g/mol. The Kier molecular flexibility index (Phi) is 5.80. The minimum Gasteiger partial charge on any atom is -0.480 e. The van der Waals surface area contributed by atoms with Crippen LogP contribution in [-0.2, 0) is 11.2 Å². The Labute approximate surface area is 143 Å². The quantitative estimate of drug-likeness (QED) is 0.898. The molecule has 0 spiro atoms. The molecule has 6 nitrogen and oxygen atoms in total. The molecule has 132 valence electrons. The van der Waals surface area contributed by atoms with Crippen molar-refractivity contribution in [3.63, 3.8) is 0 Å². The molecule has 6 heteroatoms. The Hall–Kier alpha value is -2.11. The van der Waals surface area contributed by atoms with Gasteiger partial charge in [-0.2, -0.15) is 0 Å². The number of urea groups is 1. The van der Waals surface area contributed by atoms with E-state index in [1.807, 2.05) is 36.9 Å². The lowest BCUT2D eigenvalue weighted by atomic mass is 9.98. The van der Waals surface area contributed by atoms with E-state index >= 15 is 0 Å². The molecule has 1 saturated heterocycles. The summed E-state index contributed by atoms with van der Waals surface area (Å²) in [5.74, 6) is -0.744. The van der Waals surface area contributed by atoms with Crippen molar-refractivity contribution in [3.05, 3.63) is 30.1 Å². The molecule has 3 atom stereocenters. The first-order valence-electron chi connectivity index (χ1n) is 8.49. The van der Waals surface area contributed by atoms with Gasteiger partial charge in [-0.15, -0.1) is 0 Å². The Morgan fingerprint density at radius 3 is 2.67 bits per heavy atom. The number of carbonyl (C=O) groups excluding carboxylic acids is 1. The zero-order chi connectivity index (χ0) is 17.9. The van der Waals surface area contributed by atoms with Crippen LogP contribution in [0.3, 0.4) is 0 Å². The maximum absolute atomic E-state index is 12.9. The monoisotopic (exact) mass is 333 g/mol. The van der Waals surface area contributed by atoms with Crippen LogP contribution in [0.4, 0.5) is 4.79 Å². The molecule has 1 aliphatic rings. The van der Waals surface area contributed by atoms with Crippen molar-refractivity contribution in [2.75, 3.05) is 13.6 Å². The molecular formula is C18H27N3O3. The fourth-order valence-corrected chi connectivity index (χ4v) is 3.51.